The molecule has 1 atom stereocenters. The van der Waals surface area contributed by atoms with Crippen LogP contribution in [0, 0.1) is 0 Å². The highest BCUT2D eigenvalue weighted by Crippen LogP contribution is 2.24. The number of nitrogens with zero attached hydrogens (tertiary/aromatic N) is 1. The Hall–Kier alpha value is -1.91. The van der Waals surface area contributed by atoms with Gasteiger partial charge in [-0.25, -0.2) is 4.98 Å². The predicted octanol–water partition coefficient (Wildman–Crippen LogP) is 4.16. The van der Waals surface area contributed by atoms with E-state index in [0.717, 1.165) is 28.9 Å². The van der Waals surface area contributed by atoms with Gasteiger partial charge in [0.15, 0.2) is 0 Å². The average molecular weight is 298 g/mol. The van der Waals surface area contributed by atoms with Crippen LogP contribution in [0.25, 0.3) is 10.9 Å². The molecule has 0 saturated heterocycles. The van der Waals surface area contributed by atoms with Crippen molar-refractivity contribution in [3.05, 3.63) is 58.4 Å². The molecule has 0 fully saturated rings. The van der Waals surface area contributed by atoms with Crippen LogP contribution in [0.4, 0.5) is 0 Å². The fourth-order valence-corrected chi connectivity index (χ4v) is 3.08. The van der Waals surface area contributed by atoms with E-state index in [1.165, 1.54) is 4.88 Å². The Morgan fingerprint density at radius 2 is 2.10 bits per heavy atom. The molecular weight excluding hydrogens is 280 g/mol. The van der Waals surface area contributed by atoms with Gasteiger partial charge in [0, 0.05) is 22.8 Å². The van der Waals surface area contributed by atoms with Gasteiger partial charge >= 0.3 is 0 Å². The number of nitrogens with one attached hydrogen (secondary N) is 1. The van der Waals surface area contributed by atoms with Gasteiger partial charge in [0.05, 0.1) is 12.8 Å². The highest BCUT2D eigenvalue weighted by molar-refractivity contribution is 7.10. The first-order valence-corrected chi connectivity index (χ1v) is 7.85. The SMILES string of the molecule is COc1cccc2ccc(CN[C@@H](C)c3cccs3)nc12. The molecule has 0 aliphatic carbocycles. The summed E-state index contributed by atoms with van der Waals surface area (Å²) in [4.78, 5) is 6.06. The van der Waals surface area contributed by atoms with Gasteiger partial charge in [-0.1, -0.05) is 24.3 Å². The Bertz CT molecular complexity index is 725. The molecule has 3 rings (SSSR count). The summed E-state index contributed by atoms with van der Waals surface area (Å²) in [6.07, 6.45) is 0. The monoisotopic (exact) mass is 298 g/mol. The molecule has 3 nitrogen and oxygen atoms in total. The molecule has 0 amide bonds. The summed E-state index contributed by atoms with van der Waals surface area (Å²) < 4.78 is 5.39. The molecule has 1 N–H and O–H groups in total. The standard InChI is InChI=1S/C17H18N2OS/c1-12(16-7-4-10-21-16)18-11-14-9-8-13-5-3-6-15(20-2)17(13)19-14/h3-10,12,18H,11H2,1-2H3/t12-/m0/s1. The number of hydrogen-bond donors (Lipinski definition) is 1. The zero-order chi connectivity index (χ0) is 14.7. The van der Waals surface area contributed by atoms with Crippen LogP contribution in [0.15, 0.2) is 47.8 Å². The van der Waals surface area contributed by atoms with Crippen LogP contribution in [-0.2, 0) is 6.54 Å². The topological polar surface area (TPSA) is 34.1 Å². The van der Waals surface area contributed by atoms with Crippen LogP contribution >= 0.6 is 11.3 Å². The minimum absolute atomic E-state index is 0.333. The van der Waals surface area contributed by atoms with E-state index in [1.807, 2.05) is 12.1 Å². The van der Waals surface area contributed by atoms with E-state index < -0.39 is 0 Å². The van der Waals surface area contributed by atoms with E-state index in [1.54, 1.807) is 18.4 Å². The number of benzene rings is 1. The molecule has 0 unspecified atom stereocenters. The summed E-state index contributed by atoms with van der Waals surface area (Å²) in [5.41, 5.74) is 1.94. The van der Waals surface area contributed by atoms with Gasteiger partial charge in [0.1, 0.15) is 11.3 Å². The maximum Gasteiger partial charge on any atom is 0.145 e. The molecule has 0 aliphatic rings. The van der Waals surface area contributed by atoms with Crippen molar-refractivity contribution in [1.29, 1.82) is 0 Å². The largest absolute Gasteiger partial charge is 0.494 e. The van der Waals surface area contributed by atoms with Crippen LogP contribution in [0.5, 0.6) is 5.75 Å². The molecule has 21 heavy (non-hydrogen) atoms. The third kappa shape index (κ3) is 3.06. The van der Waals surface area contributed by atoms with Crippen molar-refractivity contribution in [2.45, 2.75) is 19.5 Å². The molecule has 1 aromatic carbocycles. The summed E-state index contributed by atoms with van der Waals surface area (Å²) in [5, 5.41) is 6.72. The number of pyridine rings is 1. The van der Waals surface area contributed by atoms with E-state index in [-0.39, 0.29) is 0 Å². The third-order valence-corrected chi connectivity index (χ3v) is 4.58. The Balaban J connectivity index is 1.78. The molecule has 2 aromatic heterocycles. The molecule has 0 radical (unpaired) electrons. The summed E-state index contributed by atoms with van der Waals surface area (Å²) in [5.74, 6) is 0.820. The van der Waals surface area contributed by atoms with Gasteiger partial charge in [-0.05, 0) is 30.5 Å². The summed E-state index contributed by atoms with van der Waals surface area (Å²) in [7, 11) is 1.68. The average Bonchev–Trinajstić information content (AvgIpc) is 3.06. The second-order valence-electron chi connectivity index (χ2n) is 4.95. The van der Waals surface area contributed by atoms with Gasteiger partial charge in [-0.15, -0.1) is 11.3 Å². The fraction of sp³-hybridized carbons (Fsp3) is 0.235. The Morgan fingerprint density at radius 1 is 1.19 bits per heavy atom. The van der Waals surface area contributed by atoms with E-state index in [4.69, 9.17) is 9.72 Å². The highest BCUT2D eigenvalue weighted by atomic mass is 32.1. The van der Waals surface area contributed by atoms with Crippen molar-refractivity contribution in [2.24, 2.45) is 0 Å². The number of thiophene rings is 1. The van der Waals surface area contributed by atoms with Crippen molar-refractivity contribution in [2.75, 3.05) is 7.11 Å². The molecule has 108 valence electrons. The van der Waals surface area contributed by atoms with E-state index in [9.17, 15) is 0 Å². The number of ether oxygens (including phenoxy) is 1. The molecule has 0 bridgehead atoms. The first-order valence-electron chi connectivity index (χ1n) is 6.97. The zero-order valence-corrected chi connectivity index (χ0v) is 13.0. The van der Waals surface area contributed by atoms with Crippen LogP contribution in [0.3, 0.4) is 0 Å². The number of para-hydroxylation sites is 1. The van der Waals surface area contributed by atoms with Gasteiger partial charge in [-0.3, -0.25) is 0 Å². The van der Waals surface area contributed by atoms with Gasteiger partial charge in [0.2, 0.25) is 0 Å². The van der Waals surface area contributed by atoms with Crippen molar-refractivity contribution in [3.63, 3.8) is 0 Å². The predicted molar refractivity (Wildman–Crippen MR) is 87.9 cm³/mol. The number of methoxy groups -OCH3 is 1. The molecular formula is C17H18N2OS. The maximum absolute atomic E-state index is 5.39. The fourth-order valence-electron chi connectivity index (χ4n) is 2.32. The van der Waals surface area contributed by atoms with E-state index in [0.29, 0.717) is 6.04 Å². The van der Waals surface area contributed by atoms with E-state index in [2.05, 4.69) is 48.0 Å². The first kappa shape index (κ1) is 14.0. The maximum atomic E-state index is 5.39. The van der Waals surface area contributed by atoms with Gasteiger partial charge < -0.3 is 10.1 Å². The minimum Gasteiger partial charge on any atom is -0.494 e. The normalized spacial score (nSPS) is 12.5. The minimum atomic E-state index is 0.333. The first-order chi connectivity index (χ1) is 10.3. The lowest BCUT2D eigenvalue weighted by molar-refractivity contribution is 0.418. The van der Waals surface area contributed by atoms with E-state index >= 15 is 0 Å². The van der Waals surface area contributed by atoms with Crippen molar-refractivity contribution < 1.29 is 4.74 Å². The summed E-state index contributed by atoms with van der Waals surface area (Å²) in [6, 6.07) is 14.7. The molecule has 0 saturated carbocycles. The number of fused-ring (bicyclic) bond motifs is 1. The summed E-state index contributed by atoms with van der Waals surface area (Å²) >= 11 is 1.77. The number of hydrogen-bond acceptors (Lipinski definition) is 4. The Labute approximate surface area is 128 Å². The van der Waals surface area contributed by atoms with Gasteiger partial charge in [-0.2, -0.15) is 0 Å². The van der Waals surface area contributed by atoms with Crippen LogP contribution in [0.1, 0.15) is 23.5 Å². The molecule has 0 spiro atoms. The van der Waals surface area contributed by atoms with Crippen molar-refractivity contribution >= 4 is 22.2 Å². The lowest BCUT2D eigenvalue weighted by Gasteiger charge is -2.12. The zero-order valence-electron chi connectivity index (χ0n) is 12.2. The lowest BCUT2D eigenvalue weighted by Crippen LogP contribution is -2.17. The van der Waals surface area contributed by atoms with Crippen LogP contribution < -0.4 is 10.1 Å². The second kappa shape index (κ2) is 6.24. The lowest BCUT2D eigenvalue weighted by atomic mass is 10.2. The summed E-state index contributed by atoms with van der Waals surface area (Å²) in [6.45, 7) is 2.92. The molecule has 3 aromatic rings. The molecule has 4 heteroatoms. The Morgan fingerprint density at radius 3 is 2.86 bits per heavy atom. The number of rotatable bonds is 5. The van der Waals surface area contributed by atoms with Crippen molar-refractivity contribution in [3.8, 4) is 5.75 Å². The van der Waals surface area contributed by atoms with Crippen LogP contribution in [-0.4, -0.2) is 12.1 Å². The van der Waals surface area contributed by atoms with Crippen LogP contribution in [0.2, 0.25) is 0 Å². The quantitative estimate of drug-likeness (QED) is 0.768. The van der Waals surface area contributed by atoms with Gasteiger partial charge in [0.25, 0.3) is 0 Å². The van der Waals surface area contributed by atoms with Crippen molar-refractivity contribution in [1.82, 2.24) is 10.3 Å². The smallest absolute Gasteiger partial charge is 0.145 e. The number of aromatic nitrogens is 1. The molecule has 2 heterocycles. The highest BCUT2D eigenvalue weighted by Gasteiger charge is 2.07. The third-order valence-electron chi connectivity index (χ3n) is 3.52. The Kier molecular flexibility index (Phi) is 4.18. The molecule has 0 aliphatic heterocycles. The second-order valence-corrected chi connectivity index (χ2v) is 5.93.